The van der Waals surface area contributed by atoms with E-state index in [0.29, 0.717) is 36.2 Å². The van der Waals surface area contributed by atoms with Gasteiger partial charge >= 0.3 is 0 Å². The number of rotatable bonds is 24. The van der Waals surface area contributed by atoms with Gasteiger partial charge in [0, 0.05) is 57.3 Å². The van der Waals surface area contributed by atoms with Gasteiger partial charge in [-0.2, -0.15) is 0 Å². The van der Waals surface area contributed by atoms with E-state index in [9.17, 15) is 48.2 Å². The molecule has 2 fully saturated rings. The summed E-state index contributed by atoms with van der Waals surface area (Å²) in [5.74, 6) is -3.26. The number of hydrogen-bond donors (Lipinski definition) is 7. The molecule has 19 nitrogen and oxygen atoms in total. The van der Waals surface area contributed by atoms with Crippen LogP contribution in [0.15, 0.2) is 76.8 Å². The number of halogens is 1. The number of alkyl halides is 1. The summed E-state index contributed by atoms with van der Waals surface area (Å²) in [4.78, 5) is 101. The average Bonchev–Trinajstić information content (AvgIpc) is 4.19. The predicted molar refractivity (Wildman–Crippen MR) is 303 cm³/mol. The van der Waals surface area contributed by atoms with E-state index < -0.39 is 58.9 Å². The first kappa shape index (κ1) is 59.6. The number of carbonyl (C=O) groups is 7. The molecule has 7 amide bonds. The first-order valence-electron chi connectivity index (χ1n) is 27.9. The molecule has 3 heterocycles. The van der Waals surface area contributed by atoms with Crippen LogP contribution < -0.4 is 26.6 Å². The van der Waals surface area contributed by atoms with E-state index in [4.69, 9.17) is 4.52 Å². The number of nitrogens with one attached hydrogen (secondary N) is 5. The Bertz CT molecular complexity index is 3110. The first-order valence-corrected chi connectivity index (χ1v) is 28.8. The summed E-state index contributed by atoms with van der Waals surface area (Å²) in [6.45, 7) is 7.95. The number of likely N-dealkylation sites (tertiary alicyclic amines) is 1. The normalized spacial score (nSPS) is 17.8. The summed E-state index contributed by atoms with van der Waals surface area (Å²) in [7, 11) is 3.17. The van der Waals surface area contributed by atoms with Gasteiger partial charge in [-0.25, -0.2) is 9.37 Å². The van der Waals surface area contributed by atoms with Gasteiger partial charge in [0.25, 0.3) is 23.6 Å². The van der Waals surface area contributed by atoms with Gasteiger partial charge in [0.1, 0.15) is 17.8 Å². The van der Waals surface area contributed by atoms with Gasteiger partial charge in [0.2, 0.25) is 17.7 Å². The van der Waals surface area contributed by atoms with Crippen molar-refractivity contribution >= 4 is 52.7 Å². The van der Waals surface area contributed by atoms with Gasteiger partial charge in [0.05, 0.1) is 46.3 Å². The second-order valence-electron chi connectivity index (χ2n) is 22.9. The highest BCUT2D eigenvalue weighted by molar-refractivity contribution is 7.13. The lowest BCUT2D eigenvalue weighted by Crippen LogP contribution is -2.59. The molecule has 21 heteroatoms. The molecule has 2 aliphatic carbocycles. The minimum atomic E-state index is -2.01. The second-order valence-corrected chi connectivity index (χ2v) is 23.7. The number of aromatic nitrogens is 2. The molecule has 1 saturated carbocycles. The van der Waals surface area contributed by atoms with Crippen LogP contribution in [0.3, 0.4) is 0 Å². The van der Waals surface area contributed by atoms with Crippen molar-refractivity contribution in [1.29, 1.82) is 0 Å². The summed E-state index contributed by atoms with van der Waals surface area (Å²) in [6, 6.07) is 15.7. The van der Waals surface area contributed by atoms with Gasteiger partial charge in [-0.15, -0.1) is 11.3 Å². The summed E-state index contributed by atoms with van der Waals surface area (Å²) in [6.07, 6.45) is 6.72. The van der Waals surface area contributed by atoms with Crippen molar-refractivity contribution in [2.45, 2.75) is 147 Å². The Morgan fingerprint density at radius 1 is 0.864 bits per heavy atom. The quantitative estimate of drug-likeness (QED) is 0.0298. The topological polar surface area (TPSA) is 266 Å². The zero-order chi connectivity index (χ0) is 58.2. The number of aromatic hydroxyl groups is 1. The van der Waals surface area contributed by atoms with Crippen LogP contribution in [0.5, 0.6) is 5.75 Å². The van der Waals surface area contributed by atoms with Crippen molar-refractivity contribution in [2.75, 3.05) is 33.7 Å². The Kier molecular flexibility index (Phi) is 19.1. The number of aliphatic hydroxyl groups is 1. The standard InChI is InChI=1S/C60H74FN9O10S/c1-35-51(81-34-64-35)38-17-15-37(16-18-38)45(66-55(76)47-30-41(71)33-70(47)57(78)52(59(2,3)4)67-58(79)60(61)24-25-60)32-50(73)62-26-12-10-8-7-9-11-13-27-63-53(74)40-19-14-36-21-23-44(43(36)28-40)65-54(75)46-31-49(80-68-46)39-20-22-42(48(72)29-39)56(77)69(5)6/h14-20,22,28-29,31,34,41,44-45,47,52,71-72H,7-13,21,23-27,30,32-33H2,1-6H3,(H,62,73)(H,63,74)(H,65,75)(H,66,76)(H,67,79)/t41-,44-,45?,47+,52?/m1/s1. The van der Waals surface area contributed by atoms with Crippen LogP contribution in [0.1, 0.15) is 163 Å². The molecular weight excluding hydrogens is 1060 g/mol. The monoisotopic (exact) mass is 1130 g/mol. The maximum absolute atomic E-state index is 14.8. The van der Waals surface area contributed by atoms with Crippen LogP contribution in [0, 0.1) is 12.3 Å². The molecule has 2 aromatic heterocycles. The maximum atomic E-state index is 14.8. The molecule has 0 bridgehead atoms. The third kappa shape index (κ3) is 14.9. The molecule has 2 unspecified atom stereocenters. The Hall–Kier alpha value is -7.52. The lowest BCUT2D eigenvalue weighted by atomic mass is 9.85. The van der Waals surface area contributed by atoms with Crippen molar-refractivity contribution in [3.63, 3.8) is 0 Å². The third-order valence-corrected chi connectivity index (χ3v) is 16.3. The van der Waals surface area contributed by atoms with Crippen LogP contribution in [-0.4, -0.2) is 129 Å². The molecule has 8 rings (SSSR count). The predicted octanol–water partition coefficient (Wildman–Crippen LogP) is 7.42. The Labute approximate surface area is 475 Å². The molecule has 3 aromatic carbocycles. The number of nitrogens with zero attached hydrogens (tertiary/aromatic N) is 4. The highest BCUT2D eigenvalue weighted by Gasteiger charge is 2.53. The van der Waals surface area contributed by atoms with Gasteiger partial charge < -0.3 is 51.1 Å². The molecular formula is C60H74FN9O10S. The zero-order valence-corrected chi connectivity index (χ0v) is 47.7. The smallest absolute Gasteiger partial charge is 0.273 e. The molecule has 0 radical (unpaired) electrons. The molecule has 3 aliphatic rings. The van der Waals surface area contributed by atoms with Crippen LogP contribution in [0.4, 0.5) is 4.39 Å². The van der Waals surface area contributed by atoms with Gasteiger partial charge in [-0.1, -0.05) is 94.4 Å². The highest BCUT2D eigenvalue weighted by atomic mass is 32.1. The molecule has 5 aromatic rings. The van der Waals surface area contributed by atoms with Crippen LogP contribution in [0.25, 0.3) is 21.8 Å². The Morgan fingerprint density at radius 2 is 1.54 bits per heavy atom. The number of carbonyl (C=O) groups excluding carboxylic acids is 7. The number of benzene rings is 3. The van der Waals surface area contributed by atoms with Gasteiger partial charge in [-0.05, 0) is 97.4 Å². The number of hydrogen-bond acceptors (Lipinski definition) is 13. The summed E-state index contributed by atoms with van der Waals surface area (Å²) in [5, 5.41) is 39.8. The van der Waals surface area contributed by atoms with Crippen molar-refractivity contribution in [2.24, 2.45) is 5.41 Å². The van der Waals surface area contributed by atoms with Crippen molar-refractivity contribution < 1.29 is 52.7 Å². The highest BCUT2D eigenvalue weighted by Crippen LogP contribution is 2.41. The third-order valence-electron chi connectivity index (χ3n) is 15.3. The number of β-amino-alcohol motifs (C(OH)–C–C–N with tert-alkyl or cyclic N) is 1. The summed E-state index contributed by atoms with van der Waals surface area (Å²) >= 11 is 1.51. The SMILES string of the molecule is Cc1ncsc1-c1ccc(C(CC(=O)NCCCCCCCCCNC(=O)c2ccc3c(c2)[C@H](NC(=O)c2cc(-c4ccc(C(=O)N(C)C)c(O)c4)on2)CC3)NC(=O)[C@@H]2C[C@@H](O)CN2C(=O)C(NC(=O)C2(F)CC2)C(C)(C)C)cc1. The number of unbranched alkanes of at least 4 members (excludes halogenated alkanes) is 6. The second kappa shape index (κ2) is 25.9. The van der Waals surface area contributed by atoms with E-state index in [1.165, 1.54) is 39.3 Å². The van der Waals surface area contributed by atoms with Crippen LogP contribution in [0.2, 0.25) is 0 Å². The molecule has 5 atom stereocenters. The number of fused-ring (bicyclic) bond motifs is 1. The number of aryl methyl sites for hydroxylation is 2. The zero-order valence-electron chi connectivity index (χ0n) is 46.9. The van der Waals surface area contributed by atoms with E-state index in [1.807, 2.05) is 43.3 Å². The van der Waals surface area contributed by atoms with Crippen molar-refractivity contribution in [3.8, 4) is 27.5 Å². The molecule has 1 saturated heterocycles. The number of phenolic OH excluding ortho intramolecular Hbond substituents is 1. The average molecular weight is 1130 g/mol. The number of amides is 7. The maximum Gasteiger partial charge on any atom is 0.273 e. The number of phenols is 1. The Balaban J connectivity index is 0.754. The van der Waals surface area contributed by atoms with E-state index in [0.717, 1.165) is 78.6 Å². The minimum absolute atomic E-state index is 0.0516. The van der Waals surface area contributed by atoms with Crippen LogP contribution in [-0.2, 0) is 25.6 Å². The molecule has 1 aliphatic heterocycles. The largest absolute Gasteiger partial charge is 0.507 e. The fourth-order valence-electron chi connectivity index (χ4n) is 10.4. The number of aliphatic hydroxyl groups excluding tert-OH is 1. The minimum Gasteiger partial charge on any atom is -0.507 e. The van der Waals surface area contributed by atoms with Crippen molar-refractivity contribution in [3.05, 3.63) is 111 Å². The lowest BCUT2D eigenvalue weighted by molar-refractivity contribution is -0.145. The molecule has 81 heavy (non-hydrogen) atoms. The van der Waals surface area contributed by atoms with E-state index >= 15 is 0 Å². The van der Waals surface area contributed by atoms with Crippen LogP contribution >= 0.6 is 11.3 Å². The first-order chi connectivity index (χ1) is 38.6. The Morgan fingerprint density at radius 3 is 2.19 bits per heavy atom. The van der Waals surface area contributed by atoms with E-state index in [1.54, 1.807) is 52.5 Å². The summed E-state index contributed by atoms with van der Waals surface area (Å²) in [5.41, 5.74) is 4.47. The fraction of sp³-hybridized carbons (Fsp3) is 0.483. The fourth-order valence-corrected chi connectivity index (χ4v) is 11.2. The molecule has 432 valence electrons. The van der Waals surface area contributed by atoms with E-state index in [2.05, 4.69) is 36.7 Å². The van der Waals surface area contributed by atoms with Gasteiger partial charge in [0.15, 0.2) is 17.1 Å². The lowest BCUT2D eigenvalue weighted by Gasteiger charge is -2.36. The van der Waals surface area contributed by atoms with E-state index in [-0.39, 0.29) is 78.8 Å². The van der Waals surface area contributed by atoms with Crippen molar-refractivity contribution in [1.82, 2.24) is 46.5 Å². The summed E-state index contributed by atoms with van der Waals surface area (Å²) < 4.78 is 20.2. The molecule has 0 spiro atoms. The van der Waals surface area contributed by atoms with Gasteiger partial charge in [-0.3, -0.25) is 33.6 Å². The molecule has 7 N–H and O–H groups in total. The number of thiazole rings is 1.